The van der Waals surface area contributed by atoms with Gasteiger partial charge in [-0.05, 0) is 48.0 Å². The number of aromatic nitrogens is 6. The van der Waals surface area contributed by atoms with Crippen LogP contribution in [0, 0.1) is 0 Å². The Kier molecular flexibility index (Phi) is 9.22. The van der Waals surface area contributed by atoms with E-state index in [-0.39, 0.29) is 5.95 Å². The average Bonchev–Trinajstić information content (AvgIpc) is 3.18. The van der Waals surface area contributed by atoms with Crippen molar-refractivity contribution in [2.24, 2.45) is 0 Å². The second kappa shape index (κ2) is 14.7. The number of methoxy groups -OCH3 is 1. The third-order valence-electron chi connectivity index (χ3n) is 8.96. The molecule has 13 nitrogen and oxygen atoms in total. The number of benzene rings is 3. The van der Waals surface area contributed by atoms with Crippen LogP contribution < -0.4 is 30.7 Å². The maximum atomic E-state index is 6.22. The summed E-state index contributed by atoms with van der Waals surface area (Å²) in [6, 6.07) is 27.8. The summed E-state index contributed by atoms with van der Waals surface area (Å²) in [4.78, 5) is 31.8. The van der Waals surface area contributed by atoms with Crippen molar-refractivity contribution in [3.63, 3.8) is 0 Å². The molecule has 5 heterocycles. The number of para-hydroxylation sites is 2. The van der Waals surface area contributed by atoms with Crippen LogP contribution in [0.2, 0.25) is 0 Å². The molecule has 1 aliphatic heterocycles. The molecule has 0 radical (unpaired) electrons. The molecule has 52 heavy (non-hydrogen) atoms. The van der Waals surface area contributed by atoms with Crippen LogP contribution in [0.4, 0.5) is 34.9 Å². The number of nitrogens with zero attached hydrogens (tertiary/aromatic N) is 8. The number of nitrogens with two attached hydrogens (primary N) is 1. The van der Waals surface area contributed by atoms with Gasteiger partial charge in [0.2, 0.25) is 11.9 Å². The van der Waals surface area contributed by atoms with Crippen LogP contribution in [0.25, 0.3) is 32.9 Å². The van der Waals surface area contributed by atoms with Gasteiger partial charge in [0.15, 0.2) is 11.5 Å². The number of hydrogen-bond acceptors (Lipinski definition) is 13. The van der Waals surface area contributed by atoms with Crippen molar-refractivity contribution in [1.82, 2.24) is 34.8 Å². The van der Waals surface area contributed by atoms with E-state index >= 15 is 0 Å². The molecule has 0 bridgehead atoms. The number of ether oxygens (including phenoxy) is 2. The largest absolute Gasteiger partial charge is 0.493 e. The number of rotatable bonds is 11. The molecular formula is C39H37N11O2. The van der Waals surface area contributed by atoms with E-state index in [1.54, 1.807) is 25.7 Å². The van der Waals surface area contributed by atoms with Gasteiger partial charge in [-0.2, -0.15) is 9.97 Å². The van der Waals surface area contributed by atoms with E-state index in [1.165, 1.54) is 0 Å². The summed E-state index contributed by atoms with van der Waals surface area (Å²) < 4.78 is 12.0. The fraction of sp³-hybridized carbons (Fsp3) is 0.179. The van der Waals surface area contributed by atoms with Crippen molar-refractivity contribution in [3.05, 3.63) is 110 Å². The first-order valence-corrected chi connectivity index (χ1v) is 17.1. The lowest BCUT2D eigenvalue weighted by Gasteiger charge is -2.34. The Morgan fingerprint density at radius 1 is 0.712 bits per heavy atom. The second-order valence-corrected chi connectivity index (χ2v) is 12.4. The van der Waals surface area contributed by atoms with Crippen molar-refractivity contribution in [1.29, 1.82) is 0 Å². The minimum atomic E-state index is 0.167. The maximum Gasteiger partial charge on any atom is 0.227 e. The zero-order valence-corrected chi connectivity index (χ0v) is 28.6. The highest BCUT2D eigenvalue weighted by Gasteiger charge is 2.20. The summed E-state index contributed by atoms with van der Waals surface area (Å²) in [5.74, 6) is 3.45. The van der Waals surface area contributed by atoms with Crippen LogP contribution in [0.3, 0.4) is 0 Å². The van der Waals surface area contributed by atoms with Gasteiger partial charge in [-0.3, -0.25) is 14.9 Å². The lowest BCUT2D eigenvalue weighted by atomic mass is 10.1. The molecule has 0 spiro atoms. The highest BCUT2D eigenvalue weighted by Crippen LogP contribution is 2.36. The van der Waals surface area contributed by atoms with E-state index in [0.717, 1.165) is 82.8 Å². The molecule has 4 aromatic heterocycles. The van der Waals surface area contributed by atoms with Crippen molar-refractivity contribution < 1.29 is 9.47 Å². The van der Waals surface area contributed by atoms with Crippen molar-refractivity contribution in [3.8, 4) is 22.6 Å². The number of fused-ring (bicyclic) bond motifs is 2. The molecule has 8 rings (SSSR count). The van der Waals surface area contributed by atoms with Crippen LogP contribution in [0.15, 0.2) is 110 Å². The number of hydrogen-bond donors (Lipinski definition) is 3. The van der Waals surface area contributed by atoms with Crippen LogP contribution in [-0.4, -0.2) is 81.2 Å². The Hall–Kier alpha value is -6.60. The predicted octanol–water partition coefficient (Wildman–Crippen LogP) is 6.31. The standard InChI is InChI=1S/C39H37N11O2/c1-51-35-22-26(31-25-44-38(40)48-37(31)46-30-21-28-7-3-5-9-33(28)43-24-30)10-11-34(35)52-19-18-49-14-16-50(17-15-49)39-41-13-12-36(47-39)45-29-20-27-6-2-4-8-32(27)42-23-29/h2-13,20-25H,14-19H2,1H3,(H,41,45,47)(H3,40,44,46,48). The maximum absolute atomic E-state index is 6.22. The summed E-state index contributed by atoms with van der Waals surface area (Å²) >= 11 is 0. The number of nitrogen functional groups attached to an aromatic ring is 1. The number of anilines is 6. The Morgan fingerprint density at radius 3 is 2.15 bits per heavy atom. The molecule has 0 atom stereocenters. The Labute approximate surface area is 300 Å². The third-order valence-corrected chi connectivity index (χ3v) is 8.96. The lowest BCUT2D eigenvalue weighted by Crippen LogP contribution is -2.48. The molecule has 13 heteroatoms. The highest BCUT2D eigenvalue weighted by molar-refractivity contribution is 5.85. The van der Waals surface area contributed by atoms with Gasteiger partial charge in [0, 0.05) is 61.5 Å². The van der Waals surface area contributed by atoms with Gasteiger partial charge in [0.05, 0.1) is 41.9 Å². The van der Waals surface area contributed by atoms with Gasteiger partial charge in [0.25, 0.3) is 0 Å². The molecule has 1 fully saturated rings. The number of nitrogens with one attached hydrogen (secondary N) is 2. The molecule has 1 saturated heterocycles. The van der Waals surface area contributed by atoms with Gasteiger partial charge in [0.1, 0.15) is 18.2 Å². The first-order chi connectivity index (χ1) is 25.6. The van der Waals surface area contributed by atoms with Gasteiger partial charge < -0.3 is 30.7 Å². The predicted molar refractivity (Wildman–Crippen MR) is 205 cm³/mol. The monoisotopic (exact) mass is 691 g/mol. The molecule has 260 valence electrons. The van der Waals surface area contributed by atoms with Crippen molar-refractivity contribution in [2.75, 3.05) is 67.7 Å². The number of piperazine rings is 1. The topological polar surface area (TPSA) is 152 Å². The molecular weight excluding hydrogens is 655 g/mol. The third kappa shape index (κ3) is 7.30. The van der Waals surface area contributed by atoms with Crippen molar-refractivity contribution >= 4 is 56.7 Å². The van der Waals surface area contributed by atoms with E-state index in [4.69, 9.17) is 20.2 Å². The van der Waals surface area contributed by atoms with Gasteiger partial charge in [-0.1, -0.05) is 42.5 Å². The van der Waals surface area contributed by atoms with E-state index < -0.39 is 0 Å². The van der Waals surface area contributed by atoms with Gasteiger partial charge >= 0.3 is 0 Å². The average molecular weight is 692 g/mol. The Morgan fingerprint density at radius 2 is 1.42 bits per heavy atom. The smallest absolute Gasteiger partial charge is 0.227 e. The van der Waals surface area contributed by atoms with Crippen LogP contribution in [0.5, 0.6) is 11.5 Å². The molecule has 0 amide bonds. The second-order valence-electron chi connectivity index (χ2n) is 12.4. The molecule has 4 N–H and O–H groups in total. The molecule has 0 saturated carbocycles. The van der Waals surface area contributed by atoms with E-state index in [1.807, 2.05) is 85.1 Å². The molecule has 7 aromatic rings. The highest BCUT2D eigenvalue weighted by atomic mass is 16.5. The molecule has 0 unspecified atom stereocenters. The molecule has 1 aliphatic rings. The first-order valence-electron chi connectivity index (χ1n) is 17.1. The number of pyridine rings is 2. The fourth-order valence-electron chi connectivity index (χ4n) is 6.25. The summed E-state index contributed by atoms with van der Waals surface area (Å²) in [7, 11) is 1.63. The van der Waals surface area contributed by atoms with Gasteiger partial charge in [-0.25, -0.2) is 9.97 Å². The summed E-state index contributed by atoms with van der Waals surface area (Å²) in [6.45, 7) is 4.65. The Balaban J connectivity index is 0.867. The first kappa shape index (κ1) is 32.6. The van der Waals surface area contributed by atoms with Crippen LogP contribution >= 0.6 is 0 Å². The van der Waals surface area contributed by atoms with Gasteiger partial charge in [-0.15, -0.1) is 0 Å². The van der Waals surface area contributed by atoms with Crippen LogP contribution in [0.1, 0.15) is 0 Å². The minimum absolute atomic E-state index is 0.167. The summed E-state index contributed by atoms with van der Waals surface area (Å²) in [5, 5.41) is 8.84. The zero-order chi connectivity index (χ0) is 35.3. The molecule has 0 aliphatic carbocycles. The minimum Gasteiger partial charge on any atom is -0.493 e. The van der Waals surface area contributed by atoms with Crippen molar-refractivity contribution in [2.45, 2.75) is 0 Å². The van der Waals surface area contributed by atoms with Crippen LogP contribution in [-0.2, 0) is 0 Å². The van der Waals surface area contributed by atoms with E-state index in [0.29, 0.717) is 29.9 Å². The normalized spacial score (nSPS) is 13.3. The van der Waals surface area contributed by atoms with E-state index in [2.05, 4.69) is 51.4 Å². The molecule has 3 aromatic carbocycles. The summed E-state index contributed by atoms with van der Waals surface area (Å²) in [6.07, 6.45) is 7.09. The fourth-order valence-corrected chi connectivity index (χ4v) is 6.25. The SMILES string of the molecule is COc1cc(-c2cnc(N)nc2Nc2cnc3ccccc3c2)ccc1OCCN1CCN(c2nccc(Nc3cnc4ccccc4c3)n2)CC1. The quantitative estimate of drug-likeness (QED) is 0.139. The zero-order valence-electron chi connectivity index (χ0n) is 28.6. The Bertz CT molecular complexity index is 2350. The summed E-state index contributed by atoms with van der Waals surface area (Å²) in [5.41, 5.74) is 11.2. The van der Waals surface area contributed by atoms with E-state index in [9.17, 15) is 0 Å². The lowest BCUT2D eigenvalue weighted by molar-refractivity contribution is 0.196.